The summed E-state index contributed by atoms with van der Waals surface area (Å²) in [6.45, 7) is 4.18. The lowest BCUT2D eigenvalue weighted by atomic mass is 9.85. The van der Waals surface area contributed by atoms with E-state index in [4.69, 9.17) is 18.5 Å². The summed E-state index contributed by atoms with van der Waals surface area (Å²) in [6.07, 6.45) is 19.7. The van der Waals surface area contributed by atoms with Crippen molar-refractivity contribution in [2.24, 2.45) is 0 Å². The fourth-order valence-corrected chi connectivity index (χ4v) is 7.00. The predicted molar refractivity (Wildman–Crippen MR) is 203 cm³/mol. The molecule has 1 fully saturated rings. The zero-order valence-electron chi connectivity index (χ0n) is 32.1. The molecule has 0 heterocycles. The second-order valence-electron chi connectivity index (χ2n) is 14.1. The van der Waals surface area contributed by atoms with E-state index in [1.54, 1.807) is 0 Å². The number of hydrogen-bond acceptors (Lipinski definition) is 11. The number of phosphoric acid groups is 1. The van der Waals surface area contributed by atoms with Crippen LogP contribution in [0.3, 0.4) is 0 Å². The first-order valence-corrected chi connectivity index (χ1v) is 21.7. The van der Waals surface area contributed by atoms with Gasteiger partial charge in [-0.25, -0.2) is 4.57 Å². The van der Waals surface area contributed by atoms with Crippen LogP contribution < -0.4 is 0 Å². The molecule has 52 heavy (non-hydrogen) atoms. The largest absolute Gasteiger partial charge is 0.472 e. The summed E-state index contributed by atoms with van der Waals surface area (Å²) in [6, 6.07) is 0. The van der Waals surface area contributed by atoms with E-state index in [0.29, 0.717) is 13.0 Å². The maximum Gasteiger partial charge on any atom is 0.472 e. The average molecular weight is 765 g/mol. The number of phosphoric ester groups is 1. The van der Waals surface area contributed by atoms with Gasteiger partial charge in [0.25, 0.3) is 0 Å². The maximum atomic E-state index is 12.7. The Labute approximate surface area is 313 Å². The molecule has 6 unspecified atom stereocenters. The molecule has 0 spiro atoms. The summed E-state index contributed by atoms with van der Waals surface area (Å²) in [5.74, 6) is -0.492. The van der Waals surface area contributed by atoms with E-state index in [-0.39, 0.29) is 13.0 Å². The highest BCUT2D eigenvalue weighted by atomic mass is 31.2. The highest BCUT2D eigenvalue weighted by Gasteiger charge is 2.51. The molecule has 306 valence electrons. The Hall–Kier alpha value is -1.18. The Morgan fingerprint density at radius 2 is 1.08 bits per heavy atom. The molecule has 1 saturated carbocycles. The Kier molecular flexibility index (Phi) is 29.2. The van der Waals surface area contributed by atoms with Crippen molar-refractivity contribution in [3.63, 3.8) is 0 Å². The van der Waals surface area contributed by atoms with E-state index in [1.165, 1.54) is 64.2 Å². The summed E-state index contributed by atoms with van der Waals surface area (Å²) in [4.78, 5) is 23.0. The van der Waals surface area contributed by atoms with Gasteiger partial charge >= 0.3 is 13.8 Å². The molecule has 6 atom stereocenters. The number of aliphatic hydroxyl groups excluding tert-OH is 5. The number of ether oxygens (including phenoxy) is 2. The molecule has 0 bridgehead atoms. The van der Waals surface area contributed by atoms with Crippen molar-refractivity contribution in [1.82, 2.24) is 0 Å². The number of rotatable bonds is 33. The van der Waals surface area contributed by atoms with E-state index in [9.17, 15) is 39.8 Å². The number of esters is 1. The van der Waals surface area contributed by atoms with Crippen molar-refractivity contribution in [1.29, 1.82) is 0 Å². The Balaban J connectivity index is 2.46. The first kappa shape index (κ1) is 48.8. The standard InChI is InChI=1S/C39H73O12P/c1-3-5-7-9-11-13-15-16-17-18-19-20-22-24-26-28-33(40)50-32(30-48-29-27-25-23-21-14-12-10-8-6-4-2)31-49-52(46,47)51-39-37(44)35(42)34(41)36(43)38(39)45/h11,13,16-17,32,34-39,41-45H,3-10,12,14-15,18-31H2,1-2H3,(H,46,47)/b13-11-,17-16-. The Bertz CT molecular complexity index is 963. The molecule has 13 heteroatoms. The van der Waals surface area contributed by atoms with E-state index in [0.717, 1.165) is 64.2 Å². The normalized spacial score (nSPS) is 24.1. The lowest BCUT2D eigenvalue weighted by Crippen LogP contribution is -2.64. The van der Waals surface area contributed by atoms with Gasteiger partial charge in [0, 0.05) is 13.0 Å². The zero-order valence-corrected chi connectivity index (χ0v) is 33.0. The highest BCUT2D eigenvalue weighted by Crippen LogP contribution is 2.47. The van der Waals surface area contributed by atoms with Crippen molar-refractivity contribution in [3.8, 4) is 0 Å². The van der Waals surface area contributed by atoms with E-state index >= 15 is 0 Å². The summed E-state index contributed by atoms with van der Waals surface area (Å²) in [5.41, 5.74) is 0. The number of allylic oxidation sites excluding steroid dienone is 4. The van der Waals surface area contributed by atoms with Gasteiger partial charge in [-0.1, -0.05) is 128 Å². The monoisotopic (exact) mass is 764 g/mol. The molecule has 6 N–H and O–H groups in total. The molecule has 0 amide bonds. The van der Waals surface area contributed by atoms with Crippen molar-refractivity contribution in [2.75, 3.05) is 19.8 Å². The number of hydrogen-bond donors (Lipinski definition) is 6. The zero-order chi connectivity index (χ0) is 38.5. The second kappa shape index (κ2) is 31.1. The van der Waals surface area contributed by atoms with E-state index < -0.39 is 63.1 Å². The van der Waals surface area contributed by atoms with Gasteiger partial charge in [0.2, 0.25) is 0 Å². The molecule has 1 rings (SSSR count). The summed E-state index contributed by atoms with van der Waals surface area (Å²) in [5, 5.41) is 50.0. The Morgan fingerprint density at radius 1 is 0.615 bits per heavy atom. The fraction of sp³-hybridized carbons (Fsp3) is 0.872. The lowest BCUT2D eigenvalue weighted by molar-refractivity contribution is -0.220. The van der Waals surface area contributed by atoms with Gasteiger partial charge in [-0.3, -0.25) is 13.8 Å². The summed E-state index contributed by atoms with van der Waals surface area (Å²) < 4.78 is 34.0. The fourth-order valence-electron chi connectivity index (χ4n) is 6.03. The van der Waals surface area contributed by atoms with Crippen molar-refractivity contribution in [2.45, 2.75) is 198 Å². The minimum Gasteiger partial charge on any atom is -0.457 e. The number of aliphatic hydroxyl groups is 5. The molecule has 1 aliphatic rings. The molecule has 0 aromatic carbocycles. The third-order valence-electron chi connectivity index (χ3n) is 9.33. The van der Waals surface area contributed by atoms with Gasteiger partial charge in [0.1, 0.15) is 42.7 Å². The Morgan fingerprint density at radius 3 is 1.65 bits per heavy atom. The number of carbonyl (C=O) groups excluding carboxylic acids is 1. The minimum absolute atomic E-state index is 0.0797. The van der Waals surface area contributed by atoms with Crippen molar-refractivity contribution in [3.05, 3.63) is 24.3 Å². The van der Waals surface area contributed by atoms with Crippen LogP contribution in [0.25, 0.3) is 0 Å². The molecule has 0 aromatic rings. The molecular weight excluding hydrogens is 691 g/mol. The molecule has 1 aliphatic carbocycles. The van der Waals surface area contributed by atoms with Crippen molar-refractivity contribution >= 4 is 13.8 Å². The van der Waals surface area contributed by atoms with Crippen LogP contribution in [-0.4, -0.2) is 98.9 Å². The van der Waals surface area contributed by atoms with Crippen LogP contribution in [0.15, 0.2) is 24.3 Å². The van der Waals surface area contributed by atoms with Crippen LogP contribution in [0.1, 0.15) is 155 Å². The molecule has 0 aliphatic heterocycles. The lowest BCUT2D eigenvalue weighted by Gasteiger charge is -2.41. The van der Waals surface area contributed by atoms with Crippen LogP contribution >= 0.6 is 7.82 Å². The van der Waals surface area contributed by atoms with Gasteiger partial charge in [0.05, 0.1) is 13.2 Å². The molecule has 12 nitrogen and oxygen atoms in total. The summed E-state index contributed by atoms with van der Waals surface area (Å²) >= 11 is 0. The van der Waals surface area contributed by atoms with Crippen LogP contribution in [0.5, 0.6) is 0 Å². The quantitative estimate of drug-likeness (QED) is 0.0174. The van der Waals surface area contributed by atoms with E-state index in [1.807, 2.05) is 0 Å². The molecule has 0 aromatic heterocycles. The second-order valence-corrected chi connectivity index (χ2v) is 15.5. The van der Waals surface area contributed by atoms with Gasteiger partial charge in [-0.15, -0.1) is 0 Å². The smallest absolute Gasteiger partial charge is 0.457 e. The first-order valence-electron chi connectivity index (χ1n) is 20.2. The predicted octanol–water partition coefficient (Wildman–Crippen LogP) is 6.97. The third kappa shape index (κ3) is 23.6. The van der Waals surface area contributed by atoms with Gasteiger partial charge < -0.3 is 39.9 Å². The maximum absolute atomic E-state index is 12.7. The van der Waals surface area contributed by atoms with Crippen LogP contribution in [0.4, 0.5) is 0 Å². The van der Waals surface area contributed by atoms with Gasteiger partial charge in [-0.2, -0.15) is 0 Å². The topological polar surface area (TPSA) is 192 Å². The first-order chi connectivity index (χ1) is 25.0. The van der Waals surface area contributed by atoms with Gasteiger partial charge in [0.15, 0.2) is 0 Å². The number of carbonyl (C=O) groups is 1. The van der Waals surface area contributed by atoms with Crippen LogP contribution in [0.2, 0.25) is 0 Å². The van der Waals surface area contributed by atoms with Crippen LogP contribution in [0, 0.1) is 0 Å². The SMILES string of the molecule is CCCCC/C=C\C/C=C\CCCCCCCC(=O)OC(COCCCCCCCCCCCC)COP(=O)(O)OC1C(O)C(O)C(O)C(O)C1O. The van der Waals surface area contributed by atoms with E-state index in [2.05, 4.69) is 38.2 Å². The minimum atomic E-state index is -5.01. The average Bonchev–Trinajstić information content (AvgIpc) is 3.12. The highest BCUT2D eigenvalue weighted by molar-refractivity contribution is 7.47. The molecule has 0 radical (unpaired) electrons. The van der Waals surface area contributed by atoms with Gasteiger partial charge in [-0.05, 0) is 44.9 Å². The molecular formula is C39H73O12P. The third-order valence-corrected chi connectivity index (χ3v) is 10.3. The van der Waals surface area contributed by atoms with Crippen LogP contribution in [-0.2, 0) is 27.9 Å². The van der Waals surface area contributed by atoms with Crippen molar-refractivity contribution < 1.29 is 58.3 Å². The summed E-state index contributed by atoms with van der Waals surface area (Å²) in [7, 11) is -5.01. The number of unbranched alkanes of at least 4 members (excludes halogenated alkanes) is 17. The molecule has 0 saturated heterocycles.